The molecule has 6 heteroatoms. The molecule has 3 aromatic carbocycles. The molecular weight excluding hydrogens is 429 g/mol. The average Bonchev–Trinajstić information content (AvgIpc) is 2.86. The largest absolute Gasteiger partial charge is 0.329 e. The van der Waals surface area contributed by atoms with Crippen molar-refractivity contribution >= 4 is 16.8 Å². The van der Waals surface area contributed by atoms with E-state index in [-0.39, 0.29) is 17.0 Å². The van der Waals surface area contributed by atoms with Crippen molar-refractivity contribution < 1.29 is 9.18 Å². The molecule has 0 aliphatic rings. The van der Waals surface area contributed by atoms with Crippen molar-refractivity contribution in [1.82, 2.24) is 14.5 Å². The molecule has 0 fully saturated rings. The number of halogens is 1. The van der Waals surface area contributed by atoms with Crippen LogP contribution in [0.15, 0.2) is 83.7 Å². The Bertz CT molecular complexity index is 1350. The van der Waals surface area contributed by atoms with Gasteiger partial charge in [0, 0.05) is 12.1 Å². The first kappa shape index (κ1) is 23.4. The molecule has 1 unspecified atom stereocenters. The third-order valence-electron chi connectivity index (χ3n) is 5.99. The van der Waals surface area contributed by atoms with Crippen LogP contribution in [0.2, 0.25) is 0 Å². The minimum atomic E-state index is -0.523. The van der Waals surface area contributed by atoms with Crippen molar-refractivity contribution in [3.63, 3.8) is 0 Å². The summed E-state index contributed by atoms with van der Waals surface area (Å²) in [5.74, 6) is -0.279. The number of benzene rings is 3. The predicted molar refractivity (Wildman–Crippen MR) is 133 cm³/mol. The van der Waals surface area contributed by atoms with Gasteiger partial charge >= 0.3 is 0 Å². The summed E-state index contributed by atoms with van der Waals surface area (Å²) < 4.78 is 15.5. The third kappa shape index (κ3) is 4.76. The summed E-state index contributed by atoms with van der Waals surface area (Å²) in [5.41, 5.74) is 1.34. The lowest BCUT2D eigenvalue weighted by atomic mass is 10.1. The molecule has 0 radical (unpaired) electrons. The van der Waals surface area contributed by atoms with Crippen LogP contribution in [-0.4, -0.2) is 26.9 Å². The van der Waals surface area contributed by atoms with Crippen LogP contribution in [0.3, 0.4) is 0 Å². The SMILES string of the molecule is CCCCCN(C(=O)c1cccc(F)c1)C(C)c1nc2ccccc2c(=O)n1-c1ccccc1. The summed E-state index contributed by atoms with van der Waals surface area (Å²) in [7, 11) is 0. The molecule has 4 aromatic rings. The van der Waals surface area contributed by atoms with Crippen molar-refractivity contribution in [1.29, 1.82) is 0 Å². The lowest BCUT2D eigenvalue weighted by Crippen LogP contribution is -2.38. The Morgan fingerprint density at radius 3 is 2.47 bits per heavy atom. The molecule has 0 N–H and O–H groups in total. The Morgan fingerprint density at radius 1 is 1.00 bits per heavy atom. The molecular formula is C28H28FN3O2. The number of para-hydroxylation sites is 2. The van der Waals surface area contributed by atoms with E-state index in [0.717, 1.165) is 19.3 Å². The summed E-state index contributed by atoms with van der Waals surface area (Å²) >= 11 is 0. The van der Waals surface area contributed by atoms with Gasteiger partial charge in [0.25, 0.3) is 11.5 Å². The maximum Gasteiger partial charge on any atom is 0.266 e. The Labute approximate surface area is 198 Å². The predicted octanol–water partition coefficient (Wildman–Crippen LogP) is 5.92. The molecule has 1 heterocycles. The molecule has 5 nitrogen and oxygen atoms in total. The van der Waals surface area contributed by atoms with Crippen molar-refractivity contribution in [2.24, 2.45) is 0 Å². The van der Waals surface area contributed by atoms with E-state index in [1.165, 1.54) is 18.2 Å². The van der Waals surface area contributed by atoms with Crippen molar-refractivity contribution in [2.45, 2.75) is 39.2 Å². The number of hydrogen-bond acceptors (Lipinski definition) is 3. The normalized spacial score (nSPS) is 12.0. The summed E-state index contributed by atoms with van der Waals surface area (Å²) in [6, 6.07) is 21.7. The van der Waals surface area contributed by atoms with Gasteiger partial charge in [0.2, 0.25) is 0 Å². The fraction of sp³-hybridized carbons (Fsp3) is 0.250. The summed E-state index contributed by atoms with van der Waals surface area (Å²) in [5, 5.41) is 0.510. The summed E-state index contributed by atoms with van der Waals surface area (Å²) in [4.78, 5) is 33.7. The Kier molecular flexibility index (Phi) is 7.16. The maximum absolute atomic E-state index is 13.9. The zero-order valence-corrected chi connectivity index (χ0v) is 19.4. The van der Waals surface area contributed by atoms with Gasteiger partial charge in [0.1, 0.15) is 11.6 Å². The van der Waals surface area contributed by atoms with Crippen molar-refractivity contribution in [2.75, 3.05) is 6.54 Å². The number of aromatic nitrogens is 2. The van der Waals surface area contributed by atoms with Crippen LogP contribution in [0.1, 0.15) is 55.3 Å². The fourth-order valence-corrected chi connectivity index (χ4v) is 4.19. The lowest BCUT2D eigenvalue weighted by molar-refractivity contribution is 0.0676. The number of carbonyl (C=O) groups excluding carboxylic acids is 1. The molecule has 34 heavy (non-hydrogen) atoms. The van der Waals surface area contributed by atoms with Crippen LogP contribution in [0.5, 0.6) is 0 Å². The molecule has 0 saturated carbocycles. The van der Waals surface area contributed by atoms with E-state index in [0.29, 0.717) is 29.0 Å². The number of rotatable bonds is 8. The first-order chi connectivity index (χ1) is 16.5. The number of nitrogens with zero attached hydrogens (tertiary/aromatic N) is 3. The van der Waals surface area contributed by atoms with Gasteiger partial charge in [-0.3, -0.25) is 14.2 Å². The van der Waals surface area contributed by atoms with Crippen LogP contribution in [0.25, 0.3) is 16.6 Å². The molecule has 0 saturated heterocycles. The quantitative estimate of drug-likeness (QED) is 0.309. The number of amides is 1. The number of fused-ring (bicyclic) bond motifs is 1. The highest BCUT2D eigenvalue weighted by molar-refractivity contribution is 5.94. The number of carbonyl (C=O) groups is 1. The molecule has 1 aromatic heterocycles. The van der Waals surface area contributed by atoms with Gasteiger partial charge in [-0.15, -0.1) is 0 Å². The first-order valence-corrected chi connectivity index (χ1v) is 11.6. The molecule has 1 atom stereocenters. The number of unbranched alkanes of at least 4 members (excludes halogenated alkanes) is 2. The van der Waals surface area contributed by atoms with Gasteiger partial charge in [0.05, 0.1) is 22.6 Å². The molecule has 0 aliphatic heterocycles. The monoisotopic (exact) mass is 457 g/mol. The van der Waals surface area contributed by atoms with E-state index >= 15 is 0 Å². The second-order valence-corrected chi connectivity index (χ2v) is 8.36. The van der Waals surface area contributed by atoms with E-state index in [9.17, 15) is 14.0 Å². The molecule has 174 valence electrons. The van der Waals surface area contributed by atoms with Gasteiger partial charge in [0.15, 0.2) is 0 Å². The Morgan fingerprint density at radius 2 is 1.74 bits per heavy atom. The summed E-state index contributed by atoms with van der Waals surface area (Å²) in [6.45, 7) is 4.45. The minimum absolute atomic E-state index is 0.189. The maximum atomic E-state index is 13.9. The highest BCUT2D eigenvalue weighted by atomic mass is 19.1. The molecule has 0 spiro atoms. The van der Waals surface area contributed by atoms with Crippen LogP contribution in [-0.2, 0) is 0 Å². The van der Waals surface area contributed by atoms with Crippen molar-refractivity contribution in [3.8, 4) is 5.69 Å². The zero-order chi connectivity index (χ0) is 24.1. The third-order valence-corrected chi connectivity index (χ3v) is 5.99. The van der Waals surface area contributed by atoms with Gasteiger partial charge in [-0.2, -0.15) is 0 Å². The zero-order valence-electron chi connectivity index (χ0n) is 19.4. The fourth-order valence-electron chi connectivity index (χ4n) is 4.19. The van der Waals surface area contributed by atoms with E-state index in [2.05, 4.69) is 6.92 Å². The molecule has 4 rings (SSSR count). The molecule has 0 bridgehead atoms. The smallest absolute Gasteiger partial charge is 0.266 e. The molecule has 1 amide bonds. The van der Waals surface area contributed by atoms with E-state index in [1.54, 1.807) is 27.7 Å². The van der Waals surface area contributed by atoms with E-state index < -0.39 is 11.9 Å². The first-order valence-electron chi connectivity index (χ1n) is 11.6. The summed E-state index contributed by atoms with van der Waals surface area (Å²) in [6.07, 6.45) is 2.75. The highest BCUT2D eigenvalue weighted by Crippen LogP contribution is 2.25. The van der Waals surface area contributed by atoms with Gasteiger partial charge in [-0.25, -0.2) is 9.37 Å². The van der Waals surface area contributed by atoms with E-state index in [4.69, 9.17) is 4.98 Å². The van der Waals surface area contributed by atoms with Crippen LogP contribution < -0.4 is 5.56 Å². The highest BCUT2D eigenvalue weighted by Gasteiger charge is 2.27. The van der Waals surface area contributed by atoms with Crippen LogP contribution >= 0.6 is 0 Å². The lowest BCUT2D eigenvalue weighted by Gasteiger charge is -2.31. The minimum Gasteiger partial charge on any atom is -0.329 e. The standard InChI is InChI=1S/C28H28FN3O2/c1-3-4-10-18-31(27(33)21-12-11-13-22(29)19-21)20(2)26-30-25-17-9-8-16-24(25)28(34)32(26)23-14-6-5-7-15-23/h5-9,11-17,19-20H,3-4,10,18H2,1-2H3. The number of hydrogen-bond donors (Lipinski definition) is 0. The Hall–Kier alpha value is -3.80. The van der Waals surface area contributed by atoms with Crippen molar-refractivity contribution in [3.05, 3.63) is 106 Å². The average molecular weight is 458 g/mol. The van der Waals surface area contributed by atoms with Crippen LogP contribution in [0.4, 0.5) is 4.39 Å². The van der Waals surface area contributed by atoms with Gasteiger partial charge in [-0.1, -0.05) is 56.2 Å². The second kappa shape index (κ2) is 10.4. The second-order valence-electron chi connectivity index (χ2n) is 8.36. The topological polar surface area (TPSA) is 55.2 Å². The van der Waals surface area contributed by atoms with Gasteiger partial charge in [-0.05, 0) is 55.8 Å². The molecule has 0 aliphatic carbocycles. The van der Waals surface area contributed by atoms with Crippen LogP contribution in [0, 0.1) is 5.82 Å². The van der Waals surface area contributed by atoms with E-state index in [1.807, 2.05) is 49.4 Å². The Balaban J connectivity index is 1.87. The van der Waals surface area contributed by atoms with Gasteiger partial charge < -0.3 is 4.90 Å².